The number of ether oxygens (including phenoxy) is 2. The van der Waals surface area contributed by atoms with Crippen molar-refractivity contribution < 1.29 is 24.2 Å². The van der Waals surface area contributed by atoms with E-state index in [1.807, 2.05) is 20.8 Å². The van der Waals surface area contributed by atoms with Gasteiger partial charge in [-0.3, -0.25) is 4.79 Å². The number of carbonyl (C=O) groups excluding carboxylic acids is 1. The highest BCUT2D eigenvalue weighted by molar-refractivity contribution is 5.85. The van der Waals surface area contributed by atoms with E-state index >= 15 is 0 Å². The van der Waals surface area contributed by atoms with Crippen LogP contribution in [0.3, 0.4) is 0 Å². The molecule has 5 heteroatoms. The van der Waals surface area contributed by atoms with Gasteiger partial charge in [-0.05, 0) is 0 Å². The zero-order valence-electron chi connectivity index (χ0n) is 9.60. The molecule has 1 aliphatic rings. The van der Waals surface area contributed by atoms with E-state index in [1.54, 1.807) is 0 Å². The Hall–Kier alpha value is -1.36. The van der Waals surface area contributed by atoms with E-state index in [-0.39, 0.29) is 5.41 Å². The molecule has 1 rings (SSSR count). The lowest BCUT2D eigenvalue weighted by molar-refractivity contribution is -0.155. The average molecular weight is 228 g/mol. The van der Waals surface area contributed by atoms with Crippen LogP contribution >= 0.6 is 0 Å². The second-order valence-corrected chi connectivity index (χ2v) is 4.79. The largest absolute Gasteiger partial charge is 0.481 e. The summed E-state index contributed by atoms with van der Waals surface area (Å²) in [5, 5.41) is 8.88. The normalized spacial score (nSPS) is 27.3. The van der Waals surface area contributed by atoms with Crippen molar-refractivity contribution in [2.75, 3.05) is 0 Å². The van der Waals surface area contributed by atoms with E-state index in [0.29, 0.717) is 0 Å². The van der Waals surface area contributed by atoms with Crippen LogP contribution in [0.1, 0.15) is 20.8 Å². The third kappa shape index (κ3) is 2.41. The lowest BCUT2D eigenvalue weighted by atomic mass is 9.96. The van der Waals surface area contributed by atoms with Crippen LogP contribution in [0.5, 0.6) is 0 Å². The Kier molecular flexibility index (Phi) is 3.38. The van der Waals surface area contributed by atoms with E-state index in [4.69, 9.17) is 14.6 Å². The number of esters is 1. The van der Waals surface area contributed by atoms with Gasteiger partial charge in [0.15, 0.2) is 6.10 Å². The van der Waals surface area contributed by atoms with Crippen LogP contribution in [0.25, 0.3) is 0 Å². The molecule has 0 aromatic rings. The molecule has 1 N–H and O–H groups in total. The van der Waals surface area contributed by atoms with Crippen LogP contribution in [0.15, 0.2) is 12.7 Å². The van der Waals surface area contributed by atoms with E-state index in [9.17, 15) is 9.59 Å². The van der Waals surface area contributed by atoms with Crippen LogP contribution in [0.4, 0.5) is 0 Å². The molecule has 0 saturated carbocycles. The van der Waals surface area contributed by atoms with Crippen molar-refractivity contribution in [3.05, 3.63) is 12.7 Å². The first-order valence-electron chi connectivity index (χ1n) is 4.98. The van der Waals surface area contributed by atoms with Crippen molar-refractivity contribution in [2.45, 2.75) is 33.2 Å². The first-order valence-corrected chi connectivity index (χ1v) is 4.98. The highest BCUT2D eigenvalue weighted by atomic mass is 16.8. The van der Waals surface area contributed by atoms with Gasteiger partial charge in [-0.15, -0.1) is 6.58 Å². The summed E-state index contributed by atoms with van der Waals surface area (Å²) in [6.45, 7) is 8.91. The van der Waals surface area contributed by atoms with E-state index in [2.05, 4.69) is 6.58 Å². The van der Waals surface area contributed by atoms with Crippen LogP contribution in [-0.4, -0.2) is 29.4 Å². The smallest absolute Gasteiger partial charge is 0.339 e. The number of carbonyl (C=O) groups is 2. The molecule has 5 nitrogen and oxygen atoms in total. The van der Waals surface area contributed by atoms with Crippen molar-refractivity contribution in [3.63, 3.8) is 0 Å². The zero-order chi connectivity index (χ0) is 12.5. The van der Waals surface area contributed by atoms with Gasteiger partial charge in [0.1, 0.15) is 5.92 Å². The first-order chi connectivity index (χ1) is 7.27. The third-order valence-corrected chi connectivity index (χ3v) is 2.30. The number of aliphatic carboxylic acids is 1. The minimum absolute atomic E-state index is 0.380. The minimum atomic E-state index is -1.15. The number of cyclic esters (lactones) is 1. The summed E-state index contributed by atoms with van der Waals surface area (Å²) in [5.74, 6) is -2.86. The molecule has 0 aliphatic carbocycles. The Labute approximate surface area is 94.0 Å². The maximum atomic E-state index is 11.5. The number of hydrogen-bond acceptors (Lipinski definition) is 4. The van der Waals surface area contributed by atoms with E-state index in [1.165, 1.54) is 6.08 Å². The maximum Gasteiger partial charge on any atom is 0.339 e. The monoisotopic (exact) mass is 228 g/mol. The van der Waals surface area contributed by atoms with Crippen LogP contribution in [-0.2, 0) is 19.1 Å². The van der Waals surface area contributed by atoms with Crippen molar-refractivity contribution in [1.82, 2.24) is 0 Å². The lowest BCUT2D eigenvalue weighted by Gasteiger charge is -2.24. The molecule has 90 valence electrons. The Morgan fingerprint density at radius 1 is 1.56 bits per heavy atom. The molecule has 0 aromatic heterocycles. The fourth-order valence-electron chi connectivity index (χ4n) is 1.36. The van der Waals surface area contributed by atoms with Gasteiger partial charge in [0.25, 0.3) is 0 Å². The minimum Gasteiger partial charge on any atom is -0.481 e. The topological polar surface area (TPSA) is 72.8 Å². The summed E-state index contributed by atoms with van der Waals surface area (Å²) in [7, 11) is 0. The SMILES string of the molecule is C=C[C@H](C(=O)O)[C@@H]1O[C@H](C(C)(C)C)OC1=O. The van der Waals surface area contributed by atoms with Gasteiger partial charge in [0, 0.05) is 5.41 Å². The molecule has 1 aliphatic heterocycles. The lowest BCUT2D eigenvalue weighted by Crippen LogP contribution is -2.33. The first kappa shape index (κ1) is 12.7. The van der Waals surface area contributed by atoms with Crippen molar-refractivity contribution in [3.8, 4) is 0 Å². The number of carboxylic acids is 1. The number of rotatable bonds is 3. The molecule has 1 saturated heterocycles. The molecule has 3 atom stereocenters. The fourth-order valence-corrected chi connectivity index (χ4v) is 1.36. The van der Waals surface area contributed by atoms with E-state index in [0.717, 1.165) is 0 Å². The van der Waals surface area contributed by atoms with Crippen LogP contribution in [0.2, 0.25) is 0 Å². The Morgan fingerprint density at radius 2 is 2.12 bits per heavy atom. The van der Waals surface area contributed by atoms with Gasteiger partial charge in [-0.25, -0.2) is 4.79 Å². The summed E-state index contributed by atoms with van der Waals surface area (Å²) < 4.78 is 10.3. The van der Waals surface area contributed by atoms with Crippen molar-refractivity contribution in [2.24, 2.45) is 11.3 Å². The quantitative estimate of drug-likeness (QED) is 0.580. The summed E-state index contributed by atoms with van der Waals surface area (Å²) in [5.41, 5.74) is -0.380. The zero-order valence-corrected chi connectivity index (χ0v) is 9.60. The van der Waals surface area contributed by atoms with Gasteiger partial charge < -0.3 is 14.6 Å². The number of hydrogen-bond donors (Lipinski definition) is 1. The van der Waals surface area contributed by atoms with Gasteiger partial charge in [-0.1, -0.05) is 26.8 Å². The van der Waals surface area contributed by atoms with Crippen LogP contribution in [0, 0.1) is 11.3 Å². The molecular weight excluding hydrogens is 212 g/mol. The molecule has 16 heavy (non-hydrogen) atoms. The second kappa shape index (κ2) is 4.25. The molecule has 0 aromatic carbocycles. The maximum absolute atomic E-state index is 11.5. The Morgan fingerprint density at radius 3 is 2.44 bits per heavy atom. The Balaban J connectivity index is 2.82. The van der Waals surface area contributed by atoms with Gasteiger partial charge in [0.2, 0.25) is 6.29 Å². The molecule has 0 spiro atoms. The summed E-state index contributed by atoms with van der Waals surface area (Å²) in [4.78, 5) is 22.3. The van der Waals surface area contributed by atoms with Gasteiger partial charge in [0.05, 0.1) is 0 Å². The summed E-state index contributed by atoms with van der Waals surface area (Å²) >= 11 is 0. The predicted octanol–water partition coefficient (Wildman–Crippen LogP) is 1.19. The standard InChI is InChI=1S/C11H16O5/c1-5-6(8(12)13)7-9(14)16-10(15-7)11(2,3)4/h5-7,10H,1H2,2-4H3,(H,12,13)/t6-,7-,10-/m0/s1. The molecule has 0 radical (unpaired) electrons. The highest BCUT2D eigenvalue weighted by Crippen LogP contribution is 2.32. The fraction of sp³-hybridized carbons (Fsp3) is 0.636. The van der Waals surface area contributed by atoms with Crippen molar-refractivity contribution >= 4 is 11.9 Å². The van der Waals surface area contributed by atoms with Crippen molar-refractivity contribution in [1.29, 1.82) is 0 Å². The van der Waals surface area contributed by atoms with Crippen LogP contribution < -0.4 is 0 Å². The highest BCUT2D eigenvalue weighted by Gasteiger charge is 2.46. The molecule has 0 amide bonds. The third-order valence-electron chi connectivity index (χ3n) is 2.30. The van der Waals surface area contributed by atoms with Gasteiger partial charge >= 0.3 is 11.9 Å². The average Bonchev–Trinajstić information content (AvgIpc) is 2.48. The molecular formula is C11H16O5. The molecule has 1 fully saturated rings. The molecule has 0 unspecified atom stereocenters. The molecule has 1 heterocycles. The van der Waals surface area contributed by atoms with Gasteiger partial charge in [-0.2, -0.15) is 0 Å². The summed E-state index contributed by atoms with van der Waals surface area (Å²) in [6, 6.07) is 0. The molecule has 0 bridgehead atoms. The van der Waals surface area contributed by atoms with E-state index < -0.39 is 30.3 Å². The second-order valence-electron chi connectivity index (χ2n) is 4.79. The Bertz CT molecular complexity index is 315. The predicted molar refractivity (Wildman–Crippen MR) is 55.5 cm³/mol. The number of carboxylic acid groups (broad SMARTS) is 1. The summed E-state index contributed by atoms with van der Waals surface area (Å²) in [6.07, 6.45) is -0.634.